The van der Waals surface area contributed by atoms with E-state index >= 15 is 0 Å². The van der Waals surface area contributed by atoms with Crippen LogP contribution in [-0.2, 0) is 17.1 Å². The van der Waals surface area contributed by atoms with Gasteiger partial charge in [-0.3, -0.25) is 9.40 Å². The summed E-state index contributed by atoms with van der Waals surface area (Å²) in [6.45, 7) is 1.60. The number of aromatic nitrogens is 2. The Kier molecular flexibility index (Phi) is 3.89. The molecule has 2 aromatic rings. The van der Waals surface area contributed by atoms with Crippen molar-refractivity contribution < 1.29 is 8.42 Å². The van der Waals surface area contributed by atoms with Crippen molar-refractivity contribution >= 4 is 43.2 Å². The molecule has 2 rings (SSSR count). The van der Waals surface area contributed by atoms with Crippen LogP contribution in [0.2, 0.25) is 5.15 Å². The Balaban J connectivity index is 2.40. The van der Waals surface area contributed by atoms with Crippen molar-refractivity contribution in [3.8, 4) is 0 Å². The van der Waals surface area contributed by atoms with Crippen LogP contribution >= 0.6 is 27.5 Å². The zero-order valence-electron chi connectivity index (χ0n) is 10.2. The monoisotopic (exact) mass is 363 g/mol. The molecule has 0 aliphatic heterocycles. The number of sulfonamides is 1. The molecule has 1 aromatic carbocycles. The zero-order valence-corrected chi connectivity index (χ0v) is 13.3. The molecule has 1 N–H and O–H groups in total. The SMILES string of the molecule is Cc1nn(C)c(Cl)c1S(=O)(=O)Nc1ccc(Br)cc1. The summed E-state index contributed by atoms with van der Waals surface area (Å²) in [5, 5.41) is 4.08. The maximum atomic E-state index is 12.3. The number of nitrogens with zero attached hydrogens (tertiary/aromatic N) is 2. The molecule has 0 unspecified atom stereocenters. The van der Waals surface area contributed by atoms with Gasteiger partial charge in [-0.25, -0.2) is 8.42 Å². The highest BCUT2D eigenvalue weighted by atomic mass is 79.9. The van der Waals surface area contributed by atoms with Gasteiger partial charge < -0.3 is 0 Å². The Labute approximate surface area is 124 Å². The molecule has 0 fully saturated rings. The van der Waals surface area contributed by atoms with Gasteiger partial charge in [-0.15, -0.1) is 0 Å². The van der Waals surface area contributed by atoms with Gasteiger partial charge in [0.05, 0.1) is 5.69 Å². The first-order valence-corrected chi connectivity index (χ1v) is 7.94. The molecule has 0 amide bonds. The largest absolute Gasteiger partial charge is 0.279 e. The van der Waals surface area contributed by atoms with E-state index in [0.29, 0.717) is 11.4 Å². The maximum absolute atomic E-state index is 12.3. The van der Waals surface area contributed by atoms with Gasteiger partial charge >= 0.3 is 0 Å². The van der Waals surface area contributed by atoms with Gasteiger partial charge in [0.2, 0.25) is 0 Å². The third-order valence-electron chi connectivity index (χ3n) is 2.47. The second kappa shape index (κ2) is 5.15. The van der Waals surface area contributed by atoms with Gasteiger partial charge in [-0.05, 0) is 31.2 Å². The molecular formula is C11H11BrClN3O2S. The topological polar surface area (TPSA) is 64.0 Å². The molecular weight excluding hydrogens is 354 g/mol. The minimum absolute atomic E-state index is 0.000384. The fourth-order valence-corrected chi connectivity index (χ4v) is 3.72. The maximum Gasteiger partial charge on any atom is 0.266 e. The van der Waals surface area contributed by atoms with Gasteiger partial charge in [-0.2, -0.15) is 5.10 Å². The minimum Gasteiger partial charge on any atom is -0.279 e. The lowest BCUT2D eigenvalue weighted by atomic mass is 10.3. The van der Waals surface area contributed by atoms with Crippen molar-refractivity contribution in [1.82, 2.24) is 9.78 Å². The molecule has 0 atom stereocenters. The molecule has 0 saturated carbocycles. The van der Waals surface area contributed by atoms with E-state index in [1.54, 1.807) is 38.2 Å². The van der Waals surface area contributed by atoms with Crippen molar-refractivity contribution in [2.45, 2.75) is 11.8 Å². The van der Waals surface area contributed by atoms with Gasteiger partial charge in [0.25, 0.3) is 10.0 Å². The third kappa shape index (κ3) is 2.93. The highest BCUT2D eigenvalue weighted by Crippen LogP contribution is 2.26. The van der Waals surface area contributed by atoms with E-state index in [-0.39, 0.29) is 10.0 Å². The van der Waals surface area contributed by atoms with Crippen LogP contribution in [0.5, 0.6) is 0 Å². The summed E-state index contributed by atoms with van der Waals surface area (Å²) in [4.78, 5) is -0.000384. The van der Waals surface area contributed by atoms with Crippen LogP contribution < -0.4 is 4.72 Å². The van der Waals surface area contributed by atoms with Crippen molar-refractivity contribution in [3.63, 3.8) is 0 Å². The average Bonchev–Trinajstić information content (AvgIpc) is 2.56. The van der Waals surface area contributed by atoms with Crippen molar-refractivity contribution in [2.24, 2.45) is 7.05 Å². The predicted octanol–water partition coefficient (Wildman–Crippen LogP) is 2.95. The first kappa shape index (κ1) is 14.4. The number of rotatable bonds is 3. The molecule has 0 aliphatic carbocycles. The summed E-state index contributed by atoms with van der Waals surface area (Å²) in [5.41, 5.74) is 0.819. The van der Waals surface area contributed by atoms with E-state index in [0.717, 1.165) is 4.47 Å². The number of anilines is 1. The highest BCUT2D eigenvalue weighted by Gasteiger charge is 2.25. The molecule has 8 heteroatoms. The standard InChI is InChI=1S/C11H11BrClN3O2S/c1-7-10(11(13)16(2)14-7)19(17,18)15-9-5-3-8(12)4-6-9/h3-6,15H,1-2H3. The van der Waals surface area contributed by atoms with Crippen LogP contribution in [0.4, 0.5) is 5.69 Å². The Morgan fingerprint density at radius 1 is 1.32 bits per heavy atom. The molecule has 102 valence electrons. The van der Waals surface area contributed by atoms with Gasteiger partial charge in [-0.1, -0.05) is 27.5 Å². The molecule has 0 saturated heterocycles. The first-order chi connectivity index (χ1) is 8.81. The number of benzene rings is 1. The summed E-state index contributed by atoms with van der Waals surface area (Å²) >= 11 is 9.25. The van der Waals surface area contributed by atoms with E-state index in [1.807, 2.05) is 0 Å². The van der Waals surface area contributed by atoms with Crippen molar-refractivity contribution in [2.75, 3.05) is 4.72 Å². The average molecular weight is 365 g/mol. The Bertz CT molecular complexity index is 710. The van der Waals surface area contributed by atoms with Gasteiger partial charge in [0.1, 0.15) is 10.0 Å². The summed E-state index contributed by atoms with van der Waals surface area (Å²) in [6, 6.07) is 6.80. The van der Waals surface area contributed by atoms with Crippen LogP contribution in [0, 0.1) is 6.92 Å². The smallest absolute Gasteiger partial charge is 0.266 e. The van der Waals surface area contributed by atoms with E-state index in [2.05, 4.69) is 25.8 Å². The van der Waals surface area contributed by atoms with Crippen molar-refractivity contribution in [3.05, 3.63) is 39.6 Å². The number of aryl methyl sites for hydroxylation is 2. The summed E-state index contributed by atoms with van der Waals surface area (Å²) in [5.74, 6) is 0. The number of hydrogen-bond acceptors (Lipinski definition) is 3. The van der Waals surface area contributed by atoms with Crippen LogP contribution in [0.25, 0.3) is 0 Å². The van der Waals surface area contributed by atoms with E-state index in [4.69, 9.17) is 11.6 Å². The fraction of sp³-hybridized carbons (Fsp3) is 0.182. The Morgan fingerprint density at radius 3 is 2.37 bits per heavy atom. The summed E-state index contributed by atoms with van der Waals surface area (Å²) in [6.07, 6.45) is 0. The normalized spacial score (nSPS) is 11.6. The summed E-state index contributed by atoms with van der Waals surface area (Å²) < 4.78 is 29.2. The Hall–Kier alpha value is -1.05. The zero-order chi connectivity index (χ0) is 14.2. The number of hydrogen-bond donors (Lipinski definition) is 1. The minimum atomic E-state index is -3.75. The predicted molar refractivity (Wildman–Crippen MR) is 77.9 cm³/mol. The third-order valence-corrected chi connectivity index (χ3v) is 5.07. The molecule has 0 radical (unpaired) electrons. The lowest BCUT2D eigenvalue weighted by Gasteiger charge is -2.07. The molecule has 19 heavy (non-hydrogen) atoms. The van der Waals surface area contributed by atoms with Gasteiger partial charge in [0.15, 0.2) is 0 Å². The fourth-order valence-electron chi connectivity index (χ4n) is 1.64. The lowest BCUT2D eigenvalue weighted by molar-refractivity contribution is 0.600. The molecule has 0 bridgehead atoms. The van der Waals surface area contributed by atoms with E-state index in [9.17, 15) is 8.42 Å². The molecule has 0 spiro atoms. The first-order valence-electron chi connectivity index (χ1n) is 5.29. The molecule has 1 aromatic heterocycles. The van der Waals surface area contributed by atoms with Crippen molar-refractivity contribution in [1.29, 1.82) is 0 Å². The van der Waals surface area contributed by atoms with Crippen LogP contribution in [0.1, 0.15) is 5.69 Å². The number of nitrogens with one attached hydrogen (secondary N) is 1. The van der Waals surface area contributed by atoms with E-state index < -0.39 is 10.0 Å². The second-order valence-corrected chi connectivity index (χ2v) is 6.83. The quantitative estimate of drug-likeness (QED) is 0.910. The molecule has 1 heterocycles. The number of halogens is 2. The van der Waals surface area contributed by atoms with Crippen LogP contribution in [0.3, 0.4) is 0 Å². The Morgan fingerprint density at radius 2 is 1.89 bits per heavy atom. The highest BCUT2D eigenvalue weighted by molar-refractivity contribution is 9.10. The lowest BCUT2D eigenvalue weighted by Crippen LogP contribution is -2.14. The molecule has 5 nitrogen and oxygen atoms in total. The van der Waals surface area contributed by atoms with E-state index in [1.165, 1.54) is 4.68 Å². The van der Waals surface area contributed by atoms with Gasteiger partial charge in [0, 0.05) is 17.2 Å². The van der Waals surface area contributed by atoms with Crippen LogP contribution in [-0.4, -0.2) is 18.2 Å². The second-order valence-electron chi connectivity index (χ2n) is 3.94. The van der Waals surface area contributed by atoms with Crippen LogP contribution in [0.15, 0.2) is 33.6 Å². The summed E-state index contributed by atoms with van der Waals surface area (Å²) in [7, 11) is -2.16. The molecule has 0 aliphatic rings.